The molecule has 0 unspecified atom stereocenters. The molecule has 0 radical (unpaired) electrons. The van der Waals surface area contributed by atoms with Gasteiger partial charge in [0.15, 0.2) is 0 Å². The lowest BCUT2D eigenvalue weighted by Crippen LogP contribution is -2.12. The van der Waals surface area contributed by atoms with Crippen molar-refractivity contribution in [3.8, 4) is 5.75 Å². The van der Waals surface area contributed by atoms with Crippen molar-refractivity contribution in [1.29, 1.82) is 0 Å². The Balaban J connectivity index is 1.53. The highest BCUT2D eigenvalue weighted by atomic mass is 79.9. The average molecular weight is 410 g/mol. The van der Waals surface area contributed by atoms with Crippen LogP contribution >= 0.6 is 15.9 Å². The molecule has 0 bridgehead atoms. The van der Waals surface area contributed by atoms with E-state index in [1.54, 1.807) is 0 Å². The van der Waals surface area contributed by atoms with Gasteiger partial charge in [-0.05, 0) is 54.4 Å². The summed E-state index contributed by atoms with van der Waals surface area (Å²) in [6.45, 7) is 2.61. The molecular weight excluding hydrogens is 390 g/mol. The molecule has 132 valence electrons. The number of anilines is 1. The summed E-state index contributed by atoms with van der Waals surface area (Å²) in [5.74, 6) is 0.653. The molecule has 26 heavy (non-hydrogen) atoms. The van der Waals surface area contributed by atoms with Crippen LogP contribution in [0.15, 0.2) is 77.3 Å². The Morgan fingerprint density at radius 1 is 1.00 bits per heavy atom. The van der Waals surface area contributed by atoms with Crippen LogP contribution in [-0.4, -0.2) is 12.5 Å². The van der Waals surface area contributed by atoms with Gasteiger partial charge in [0.2, 0.25) is 0 Å². The Morgan fingerprint density at radius 2 is 1.73 bits per heavy atom. The zero-order valence-corrected chi connectivity index (χ0v) is 16.1. The third-order valence-corrected chi connectivity index (χ3v) is 4.90. The molecule has 0 saturated carbocycles. The second-order valence-corrected chi connectivity index (χ2v) is 6.88. The molecule has 1 amide bonds. The number of benzene rings is 3. The predicted octanol–water partition coefficient (Wildman–Crippen LogP) is 5.63. The van der Waals surface area contributed by atoms with Crippen LogP contribution in [0.4, 0.5) is 5.69 Å². The molecule has 0 aliphatic heterocycles. The SMILES string of the molecule is Cc1ccc(C(=O)Nc2ccc(OCCc3ccccc3)cc2)cc1Br. The molecule has 0 aliphatic rings. The molecule has 4 heteroatoms. The lowest BCUT2D eigenvalue weighted by atomic mass is 10.1. The van der Waals surface area contributed by atoms with Crippen LogP contribution < -0.4 is 10.1 Å². The van der Waals surface area contributed by atoms with Crippen LogP contribution in [0.2, 0.25) is 0 Å². The largest absolute Gasteiger partial charge is 0.493 e. The van der Waals surface area contributed by atoms with E-state index < -0.39 is 0 Å². The normalized spacial score (nSPS) is 10.4. The van der Waals surface area contributed by atoms with E-state index in [0.717, 1.165) is 27.9 Å². The predicted molar refractivity (Wildman–Crippen MR) is 109 cm³/mol. The number of carbonyl (C=O) groups is 1. The highest BCUT2D eigenvalue weighted by molar-refractivity contribution is 9.10. The van der Waals surface area contributed by atoms with E-state index in [4.69, 9.17) is 4.74 Å². The van der Waals surface area contributed by atoms with E-state index in [-0.39, 0.29) is 5.91 Å². The van der Waals surface area contributed by atoms with Gasteiger partial charge in [-0.2, -0.15) is 0 Å². The van der Waals surface area contributed by atoms with Gasteiger partial charge in [0.1, 0.15) is 5.75 Å². The molecule has 0 spiro atoms. The van der Waals surface area contributed by atoms with Gasteiger partial charge >= 0.3 is 0 Å². The van der Waals surface area contributed by atoms with E-state index >= 15 is 0 Å². The highest BCUT2D eigenvalue weighted by Crippen LogP contribution is 2.20. The third kappa shape index (κ3) is 4.96. The maximum atomic E-state index is 12.3. The van der Waals surface area contributed by atoms with Crippen LogP contribution in [0.5, 0.6) is 5.75 Å². The number of aryl methyl sites for hydroxylation is 1. The smallest absolute Gasteiger partial charge is 0.255 e. The minimum atomic E-state index is -0.136. The summed E-state index contributed by atoms with van der Waals surface area (Å²) in [6.07, 6.45) is 0.863. The number of ether oxygens (including phenoxy) is 1. The highest BCUT2D eigenvalue weighted by Gasteiger charge is 2.08. The monoisotopic (exact) mass is 409 g/mol. The van der Waals surface area contributed by atoms with Gasteiger partial charge in [-0.15, -0.1) is 0 Å². The summed E-state index contributed by atoms with van der Waals surface area (Å²) < 4.78 is 6.69. The van der Waals surface area contributed by atoms with E-state index in [1.165, 1.54) is 5.56 Å². The fourth-order valence-corrected chi connectivity index (χ4v) is 2.88. The Hall–Kier alpha value is -2.59. The molecule has 3 rings (SSSR count). The van der Waals surface area contributed by atoms with Crippen LogP contribution in [-0.2, 0) is 6.42 Å². The average Bonchev–Trinajstić information content (AvgIpc) is 2.66. The summed E-state index contributed by atoms with van der Waals surface area (Å²) in [4.78, 5) is 12.3. The van der Waals surface area contributed by atoms with E-state index in [1.807, 2.05) is 67.6 Å². The molecule has 0 atom stereocenters. The van der Waals surface area contributed by atoms with Crippen molar-refractivity contribution in [2.45, 2.75) is 13.3 Å². The standard InChI is InChI=1S/C22H20BrNO2/c1-16-7-8-18(15-21(16)23)22(25)24-19-9-11-20(12-10-19)26-14-13-17-5-3-2-4-6-17/h2-12,15H,13-14H2,1H3,(H,24,25). The van der Waals surface area contributed by atoms with Crippen LogP contribution in [0.3, 0.4) is 0 Å². The fraction of sp³-hybridized carbons (Fsp3) is 0.136. The molecule has 0 aliphatic carbocycles. The van der Waals surface area contributed by atoms with Crippen molar-refractivity contribution >= 4 is 27.5 Å². The van der Waals surface area contributed by atoms with Crippen LogP contribution in [0, 0.1) is 6.92 Å². The van der Waals surface area contributed by atoms with Crippen molar-refractivity contribution in [3.63, 3.8) is 0 Å². The minimum Gasteiger partial charge on any atom is -0.493 e. The van der Waals surface area contributed by atoms with Crippen molar-refractivity contribution in [2.24, 2.45) is 0 Å². The number of rotatable bonds is 6. The van der Waals surface area contributed by atoms with Crippen molar-refractivity contribution in [1.82, 2.24) is 0 Å². The molecule has 0 fully saturated rings. The summed E-state index contributed by atoms with van der Waals surface area (Å²) in [6, 6.07) is 23.2. The van der Waals surface area contributed by atoms with Crippen molar-refractivity contribution in [2.75, 3.05) is 11.9 Å². The number of halogens is 1. The molecule has 3 aromatic rings. The van der Waals surface area contributed by atoms with Crippen molar-refractivity contribution < 1.29 is 9.53 Å². The molecule has 1 N–H and O–H groups in total. The van der Waals surface area contributed by atoms with Crippen molar-refractivity contribution in [3.05, 3.63) is 94.0 Å². The van der Waals surface area contributed by atoms with Gasteiger partial charge in [-0.25, -0.2) is 0 Å². The van der Waals surface area contributed by atoms with Gasteiger partial charge in [0.25, 0.3) is 5.91 Å². The van der Waals surface area contributed by atoms with Crippen LogP contribution in [0.25, 0.3) is 0 Å². The number of hydrogen-bond acceptors (Lipinski definition) is 2. The lowest BCUT2D eigenvalue weighted by Gasteiger charge is -2.09. The summed E-state index contributed by atoms with van der Waals surface area (Å²) in [7, 11) is 0. The number of carbonyl (C=O) groups excluding carboxylic acids is 1. The second kappa shape index (κ2) is 8.68. The first-order valence-corrected chi connectivity index (χ1v) is 9.25. The first-order chi connectivity index (χ1) is 12.6. The zero-order valence-electron chi connectivity index (χ0n) is 14.5. The summed E-state index contributed by atoms with van der Waals surface area (Å²) in [5, 5.41) is 2.90. The number of amides is 1. The van der Waals surface area contributed by atoms with Gasteiger partial charge in [-0.1, -0.05) is 52.3 Å². The molecule has 0 saturated heterocycles. The van der Waals surface area contributed by atoms with E-state index in [2.05, 4.69) is 33.4 Å². The van der Waals surface area contributed by atoms with Crippen LogP contribution in [0.1, 0.15) is 21.5 Å². The number of nitrogens with one attached hydrogen (secondary N) is 1. The Morgan fingerprint density at radius 3 is 2.42 bits per heavy atom. The molecule has 0 heterocycles. The zero-order chi connectivity index (χ0) is 18.4. The number of hydrogen-bond donors (Lipinski definition) is 1. The minimum absolute atomic E-state index is 0.136. The second-order valence-electron chi connectivity index (χ2n) is 6.03. The van der Waals surface area contributed by atoms with E-state index in [9.17, 15) is 4.79 Å². The topological polar surface area (TPSA) is 38.3 Å². The molecule has 0 aromatic heterocycles. The van der Waals surface area contributed by atoms with Gasteiger partial charge in [-0.3, -0.25) is 4.79 Å². The van der Waals surface area contributed by atoms with Gasteiger partial charge in [0.05, 0.1) is 6.61 Å². The Labute approximate surface area is 162 Å². The summed E-state index contributed by atoms with van der Waals surface area (Å²) in [5.41, 5.74) is 3.70. The van der Waals surface area contributed by atoms with Gasteiger partial charge < -0.3 is 10.1 Å². The summed E-state index contributed by atoms with van der Waals surface area (Å²) >= 11 is 3.45. The van der Waals surface area contributed by atoms with Gasteiger partial charge in [0, 0.05) is 22.1 Å². The first kappa shape index (κ1) is 18.2. The lowest BCUT2D eigenvalue weighted by molar-refractivity contribution is 0.102. The first-order valence-electron chi connectivity index (χ1n) is 8.46. The Bertz CT molecular complexity index is 876. The molecule has 3 aromatic carbocycles. The quantitative estimate of drug-likeness (QED) is 0.572. The maximum Gasteiger partial charge on any atom is 0.255 e. The Kier molecular flexibility index (Phi) is 6.08. The molecular formula is C22H20BrNO2. The molecule has 3 nitrogen and oxygen atoms in total. The fourth-order valence-electron chi connectivity index (χ4n) is 2.50. The maximum absolute atomic E-state index is 12.3. The van der Waals surface area contributed by atoms with E-state index in [0.29, 0.717) is 12.2 Å². The third-order valence-electron chi connectivity index (χ3n) is 4.05.